The Kier molecular flexibility index (Phi) is 10.3. The average molecular weight is 318 g/mol. The smallest absolute Gasteiger partial charge is 0.345 e. The number of hydrogen-bond acceptors (Lipinski definition) is 7. The van der Waals surface area contributed by atoms with Gasteiger partial charge in [-0.15, -0.1) is 0 Å². The molecule has 0 bridgehead atoms. The summed E-state index contributed by atoms with van der Waals surface area (Å²) in [6.07, 6.45) is 4.84. The van der Waals surface area contributed by atoms with Crippen molar-refractivity contribution in [2.45, 2.75) is 25.7 Å². The second kappa shape index (κ2) is 11.5. The molecule has 0 aromatic rings. The Bertz CT molecular complexity index is 401. The summed E-state index contributed by atoms with van der Waals surface area (Å²) in [4.78, 5) is 42.5. The predicted molar refractivity (Wildman–Crippen MR) is 71.8 cm³/mol. The SMILES string of the molecule is O=C(O)CCC=CC(=O)OSOC(=O)C=CCCC(=O)O. The van der Waals surface area contributed by atoms with E-state index in [-0.39, 0.29) is 38.0 Å². The van der Waals surface area contributed by atoms with E-state index >= 15 is 0 Å². The normalized spacial score (nSPS) is 10.7. The Hall–Kier alpha value is -2.29. The first-order chi connectivity index (χ1) is 9.91. The van der Waals surface area contributed by atoms with Crippen molar-refractivity contribution in [3.63, 3.8) is 0 Å². The highest BCUT2D eigenvalue weighted by Crippen LogP contribution is 2.07. The van der Waals surface area contributed by atoms with Gasteiger partial charge in [0.05, 0.1) is 0 Å². The standard InChI is InChI=1S/C12H14O8S/c13-9(14)5-1-3-7-11(17)19-21-20-12(18)8-4-2-6-10(15)16/h3-4,7-8H,1-2,5-6H2,(H,13,14)(H,15,16). The minimum Gasteiger partial charge on any atom is -0.481 e. The molecule has 0 aliphatic carbocycles. The van der Waals surface area contributed by atoms with Crippen LogP contribution in [0.1, 0.15) is 25.7 Å². The molecule has 0 amide bonds. The maximum absolute atomic E-state index is 11.1. The summed E-state index contributed by atoms with van der Waals surface area (Å²) in [5, 5.41) is 16.7. The molecule has 8 nitrogen and oxygen atoms in total. The van der Waals surface area contributed by atoms with Gasteiger partial charge in [-0.25, -0.2) is 9.59 Å². The van der Waals surface area contributed by atoms with Gasteiger partial charge in [0.2, 0.25) is 0 Å². The van der Waals surface area contributed by atoms with E-state index in [0.717, 1.165) is 12.2 Å². The van der Waals surface area contributed by atoms with Crippen LogP contribution in [-0.2, 0) is 27.5 Å². The minimum atomic E-state index is -0.981. The van der Waals surface area contributed by atoms with Crippen LogP contribution in [0.25, 0.3) is 0 Å². The van der Waals surface area contributed by atoms with E-state index in [1.807, 2.05) is 0 Å². The third-order valence-corrected chi connectivity index (χ3v) is 2.25. The first-order valence-electron chi connectivity index (χ1n) is 5.77. The van der Waals surface area contributed by atoms with E-state index < -0.39 is 23.9 Å². The van der Waals surface area contributed by atoms with Crippen molar-refractivity contribution >= 4 is 36.2 Å². The van der Waals surface area contributed by atoms with Crippen molar-refractivity contribution in [3.8, 4) is 0 Å². The molecule has 0 rings (SSSR count). The van der Waals surface area contributed by atoms with Gasteiger partial charge in [-0.2, -0.15) is 0 Å². The van der Waals surface area contributed by atoms with E-state index in [1.165, 1.54) is 12.2 Å². The molecule has 0 aliphatic heterocycles. The highest BCUT2D eigenvalue weighted by atomic mass is 32.2. The van der Waals surface area contributed by atoms with Gasteiger partial charge in [-0.3, -0.25) is 9.59 Å². The Morgan fingerprint density at radius 1 is 0.810 bits per heavy atom. The fraction of sp³-hybridized carbons (Fsp3) is 0.333. The number of allylic oxidation sites excluding steroid dienone is 2. The monoisotopic (exact) mass is 318 g/mol. The molecule has 0 radical (unpaired) electrons. The molecule has 0 saturated heterocycles. The molecule has 21 heavy (non-hydrogen) atoms. The molecule has 0 atom stereocenters. The van der Waals surface area contributed by atoms with Crippen LogP contribution in [0, 0.1) is 0 Å². The molecule has 0 aromatic carbocycles. The van der Waals surface area contributed by atoms with E-state index in [1.54, 1.807) is 0 Å². The average Bonchev–Trinajstić information content (AvgIpc) is 2.39. The molecular weight excluding hydrogens is 304 g/mol. The summed E-state index contributed by atoms with van der Waals surface area (Å²) in [5.41, 5.74) is 0. The first-order valence-corrected chi connectivity index (χ1v) is 6.44. The van der Waals surface area contributed by atoms with E-state index in [2.05, 4.69) is 8.37 Å². The van der Waals surface area contributed by atoms with Gasteiger partial charge in [0.25, 0.3) is 12.3 Å². The molecule has 116 valence electrons. The second-order valence-corrected chi connectivity index (χ2v) is 4.01. The molecule has 0 spiro atoms. The zero-order chi connectivity index (χ0) is 16.1. The molecule has 2 N–H and O–H groups in total. The number of hydrogen-bond donors (Lipinski definition) is 2. The van der Waals surface area contributed by atoms with Crippen molar-refractivity contribution in [2.24, 2.45) is 0 Å². The number of aliphatic carboxylic acids is 2. The number of rotatable bonds is 10. The maximum Gasteiger partial charge on any atom is 0.345 e. The Morgan fingerprint density at radius 3 is 1.52 bits per heavy atom. The summed E-state index contributed by atoms with van der Waals surface area (Å²) in [7, 11) is 0. The number of carboxylic acid groups (broad SMARTS) is 2. The summed E-state index contributed by atoms with van der Waals surface area (Å²) in [6.45, 7) is 0. The van der Waals surface area contributed by atoms with Crippen molar-refractivity contribution in [2.75, 3.05) is 0 Å². The van der Waals surface area contributed by atoms with E-state index in [4.69, 9.17) is 10.2 Å². The van der Waals surface area contributed by atoms with Gasteiger partial charge in [-0.1, -0.05) is 12.2 Å². The van der Waals surface area contributed by atoms with E-state index in [0.29, 0.717) is 0 Å². The van der Waals surface area contributed by atoms with Crippen molar-refractivity contribution in [3.05, 3.63) is 24.3 Å². The molecule has 0 aliphatic rings. The van der Waals surface area contributed by atoms with Crippen LogP contribution in [0.15, 0.2) is 24.3 Å². The molecule has 0 heterocycles. The lowest BCUT2D eigenvalue weighted by Gasteiger charge is -1.97. The summed E-state index contributed by atoms with van der Waals surface area (Å²) in [6, 6.07) is 0. The van der Waals surface area contributed by atoms with Crippen molar-refractivity contribution < 1.29 is 37.8 Å². The van der Waals surface area contributed by atoms with Gasteiger partial charge < -0.3 is 18.6 Å². The molecule has 9 heteroatoms. The van der Waals surface area contributed by atoms with Crippen LogP contribution in [0.5, 0.6) is 0 Å². The van der Waals surface area contributed by atoms with Gasteiger partial charge in [0, 0.05) is 25.0 Å². The molecule has 0 fully saturated rings. The first kappa shape index (κ1) is 18.7. The topological polar surface area (TPSA) is 127 Å². The lowest BCUT2D eigenvalue weighted by atomic mass is 10.3. The third kappa shape index (κ3) is 13.9. The van der Waals surface area contributed by atoms with Crippen molar-refractivity contribution in [1.29, 1.82) is 0 Å². The van der Waals surface area contributed by atoms with Gasteiger partial charge >= 0.3 is 23.9 Å². The summed E-state index contributed by atoms with van der Waals surface area (Å²) in [5.74, 6) is -3.56. The third-order valence-electron chi connectivity index (χ3n) is 1.79. The van der Waals surface area contributed by atoms with Crippen LogP contribution in [0.4, 0.5) is 0 Å². The fourth-order valence-corrected chi connectivity index (χ4v) is 1.19. The largest absolute Gasteiger partial charge is 0.481 e. The van der Waals surface area contributed by atoms with Gasteiger partial charge in [0.1, 0.15) is 0 Å². The van der Waals surface area contributed by atoms with Crippen LogP contribution in [0.2, 0.25) is 0 Å². The molecular formula is C12H14O8S. The lowest BCUT2D eigenvalue weighted by molar-refractivity contribution is -0.137. The van der Waals surface area contributed by atoms with Crippen LogP contribution in [-0.4, -0.2) is 34.1 Å². The summed E-state index contributed by atoms with van der Waals surface area (Å²) >= 11 is 0.164. The van der Waals surface area contributed by atoms with Crippen LogP contribution in [0.3, 0.4) is 0 Å². The van der Waals surface area contributed by atoms with Crippen LogP contribution >= 0.6 is 12.3 Å². The Morgan fingerprint density at radius 2 is 1.19 bits per heavy atom. The quantitative estimate of drug-likeness (QED) is 0.454. The highest BCUT2D eigenvalue weighted by molar-refractivity contribution is 7.90. The molecule has 0 unspecified atom stereocenters. The summed E-state index contributed by atoms with van der Waals surface area (Å²) < 4.78 is 8.87. The number of carboxylic acids is 2. The predicted octanol–water partition coefficient (Wildman–Crippen LogP) is 1.48. The molecule has 0 aromatic heterocycles. The molecule has 0 saturated carbocycles. The second-order valence-electron chi connectivity index (χ2n) is 3.54. The number of carbonyl (C=O) groups is 4. The highest BCUT2D eigenvalue weighted by Gasteiger charge is 2.03. The fourth-order valence-electron chi connectivity index (χ4n) is 0.912. The Balaban J connectivity index is 3.72. The minimum absolute atomic E-state index is 0.104. The van der Waals surface area contributed by atoms with Gasteiger partial charge in [0.15, 0.2) is 0 Å². The van der Waals surface area contributed by atoms with Gasteiger partial charge in [-0.05, 0) is 12.8 Å². The van der Waals surface area contributed by atoms with E-state index in [9.17, 15) is 19.2 Å². The van der Waals surface area contributed by atoms with Crippen molar-refractivity contribution in [1.82, 2.24) is 0 Å². The Labute approximate surface area is 124 Å². The maximum atomic E-state index is 11.1. The van der Waals surface area contributed by atoms with Crippen LogP contribution < -0.4 is 0 Å². The zero-order valence-corrected chi connectivity index (χ0v) is 11.7. The number of carbonyl (C=O) groups excluding carboxylic acids is 2. The zero-order valence-electron chi connectivity index (χ0n) is 10.9. The lowest BCUT2D eigenvalue weighted by Crippen LogP contribution is -1.99.